The van der Waals surface area contributed by atoms with Crippen molar-refractivity contribution in [2.75, 3.05) is 0 Å². The SMILES string of the molecule is C[Si](C)(C)c1ccc(C2=C(c3ccccc3)C(c3ccccc3)(c3ccc([Si](C)(C)C)cc3)c3oc4ccccc4c(=O)c32)cc1. The monoisotopic (exact) mass is 632 g/mol. The Hall–Kier alpha value is -4.52. The highest BCUT2D eigenvalue weighted by molar-refractivity contribution is 6.89. The Bertz CT molecular complexity index is 2150. The first-order chi connectivity index (χ1) is 22.0. The highest BCUT2D eigenvalue weighted by Gasteiger charge is 2.52. The number of hydrogen-bond donors (Lipinski definition) is 0. The summed E-state index contributed by atoms with van der Waals surface area (Å²) in [5.41, 5.74) is 6.67. The van der Waals surface area contributed by atoms with Gasteiger partial charge in [-0.2, -0.15) is 0 Å². The fraction of sp³-hybridized carbons (Fsp3) is 0.167. The van der Waals surface area contributed by atoms with Crippen LogP contribution in [-0.4, -0.2) is 16.1 Å². The summed E-state index contributed by atoms with van der Waals surface area (Å²) in [7, 11) is -3.11. The van der Waals surface area contributed by atoms with Crippen LogP contribution in [0.25, 0.3) is 22.1 Å². The van der Waals surface area contributed by atoms with E-state index in [1.165, 1.54) is 10.4 Å². The first-order valence-electron chi connectivity index (χ1n) is 16.2. The minimum Gasteiger partial charge on any atom is -0.458 e. The van der Waals surface area contributed by atoms with Gasteiger partial charge in [-0.25, -0.2) is 0 Å². The lowest BCUT2D eigenvalue weighted by Crippen LogP contribution is -2.38. The molecule has 0 bridgehead atoms. The lowest BCUT2D eigenvalue weighted by molar-refractivity contribution is 0.498. The summed E-state index contributed by atoms with van der Waals surface area (Å²) in [5.74, 6) is 0.686. The van der Waals surface area contributed by atoms with Crippen molar-refractivity contribution in [1.82, 2.24) is 0 Å². The van der Waals surface area contributed by atoms with Crippen LogP contribution in [-0.2, 0) is 5.41 Å². The highest BCUT2D eigenvalue weighted by Crippen LogP contribution is 2.59. The number of para-hydroxylation sites is 1. The van der Waals surface area contributed by atoms with Gasteiger partial charge in [0, 0.05) is 5.57 Å². The van der Waals surface area contributed by atoms with E-state index in [1.807, 2.05) is 24.3 Å². The number of fused-ring (bicyclic) bond motifs is 2. The highest BCUT2D eigenvalue weighted by atomic mass is 28.3. The van der Waals surface area contributed by atoms with E-state index in [1.54, 1.807) is 0 Å². The molecule has 2 nitrogen and oxygen atoms in total. The van der Waals surface area contributed by atoms with E-state index in [4.69, 9.17) is 4.42 Å². The Morgan fingerprint density at radius 3 is 1.61 bits per heavy atom. The molecular weight excluding hydrogens is 593 g/mol. The Morgan fingerprint density at radius 1 is 0.522 bits per heavy atom. The molecule has 4 heteroatoms. The summed E-state index contributed by atoms with van der Waals surface area (Å²) < 4.78 is 7.06. The Labute approximate surface area is 274 Å². The maximum absolute atomic E-state index is 14.9. The average Bonchev–Trinajstić information content (AvgIpc) is 3.37. The molecule has 1 aliphatic rings. The second-order valence-electron chi connectivity index (χ2n) is 14.5. The molecule has 0 N–H and O–H groups in total. The lowest BCUT2D eigenvalue weighted by Gasteiger charge is -2.35. The number of hydrogen-bond acceptors (Lipinski definition) is 2. The molecular formula is C42H40O2Si2. The van der Waals surface area contributed by atoms with Gasteiger partial charge in [0.05, 0.1) is 27.1 Å². The Morgan fingerprint density at radius 2 is 1.02 bits per heavy atom. The van der Waals surface area contributed by atoms with Crippen LogP contribution in [0.1, 0.15) is 33.6 Å². The largest absolute Gasteiger partial charge is 0.458 e. The summed E-state index contributed by atoms with van der Waals surface area (Å²) in [4.78, 5) is 14.9. The van der Waals surface area contributed by atoms with Gasteiger partial charge in [0.2, 0.25) is 5.43 Å². The smallest absolute Gasteiger partial charge is 0.200 e. The molecule has 0 fully saturated rings. The molecule has 1 aliphatic carbocycles. The van der Waals surface area contributed by atoms with Crippen molar-refractivity contribution in [1.29, 1.82) is 0 Å². The van der Waals surface area contributed by atoms with Gasteiger partial charge >= 0.3 is 0 Å². The standard InChI is InChI=1S/C42H40O2Si2/c1-45(2,3)33-25-21-29(22-26-33)37-38-40(43)35-19-13-14-20-36(35)44-41(38)42(31-17-11-8-12-18-31,39(37)30-15-9-7-10-16-30)32-23-27-34(28-24-32)46(4,5)6/h7-28H,1-6H3. The maximum Gasteiger partial charge on any atom is 0.200 e. The van der Waals surface area contributed by atoms with Crippen molar-refractivity contribution in [3.8, 4) is 0 Å². The van der Waals surface area contributed by atoms with Gasteiger partial charge in [0.15, 0.2) is 0 Å². The second kappa shape index (κ2) is 11.1. The van der Waals surface area contributed by atoms with E-state index in [0.717, 1.165) is 33.4 Å². The van der Waals surface area contributed by atoms with Crippen LogP contribution in [0.4, 0.5) is 0 Å². The van der Waals surface area contributed by atoms with Crippen LogP contribution >= 0.6 is 0 Å². The summed E-state index contributed by atoms with van der Waals surface area (Å²) in [6, 6.07) is 47.0. The number of allylic oxidation sites excluding steroid dienone is 1. The van der Waals surface area contributed by atoms with Crippen molar-refractivity contribution in [3.05, 3.63) is 177 Å². The topological polar surface area (TPSA) is 30.2 Å². The fourth-order valence-corrected chi connectivity index (χ4v) is 9.41. The molecule has 0 aliphatic heterocycles. The van der Waals surface area contributed by atoms with Crippen molar-refractivity contribution in [2.24, 2.45) is 0 Å². The van der Waals surface area contributed by atoms with Gasteiger partial charge in [0.1, 0.15) is 16.8 Å². The van der Waals surface area contributed by atoms with Gasteiger partial charge in [-0.3, -0.25) is 4.79 Å². The van der Waals surface area contributed by atoms with Crippen molar-refractivity contribution < 1.29 is 4.42 Å². The molecule has 0 saturated heterocycles. The summed E-state index contributed by atoms with van der Waals surface area (Å²) in [6.45, 7) is 14.2. The number of benzene rings is 5. The van der Waals surface area contributed by atoms with Gasteiger partial charge < -0.3 is 4.42 Å². The molecule has 0 radical (unpaired) electrons. The molecule has 0 spiro atoms. The molecule has 1 unspecified atom stereocenters. The fourth-order valence-electron chi connectivity index (χ4n) is 7.08. The van der Waals surface area contributed by atoms with Gasteiger partial charge in [-0.1, -0.05) is 171 Å². The third kappa shape index (κ3) is 4.79. The Kier molecular flexibility index (Phi) is 7.26. The van der Waals surface area contributed by atoms with E-state index in [9.17, 15) is 4.79 Å². The molecule has 0 saturated carbocycles. The minimum atomic E-state index is -1.57. The zero-order valence-corrected chi connectivity index (χ0v) is 29.5. The molecule has 1 heterocycles. The molecule has 7 rings (SSSR count). The normalized spacial score (nSPS) is 16.6. The second-order valence-corrected chi connectivity index (χ2v) is 24.7. The summed E-state index contributed by atoms with van der Waals surface area (Å²) >= 11 is 0. The molecule has 5 aromatic carbocycles. The zero-order valence-electron chi connectivity index (χ0n) is 27.5. The van der Waals surface area contributed by atoms with E-state index in [2.05, 4.69) is 148 Å². The van der Waals surface area contributed by atoms with Crippen LogP contribution in [0.3, 0.4) is 0 Å². The van der Waals surface area contributed by atoms with E-state index < -0.39 is 21.6 Å². The molecule has 1 atom stereocenters. The van der Waals surface area contributed by atoms with Gasteiger partial charge in [0.25, 0.3) is 0 Å². The van der Waals surface area contributed by atoms with Crippen molar-refractivity contribution >= 4 is 48.6 Å². The van der Waals surface area contributed by atoms with E-state index >= 15 is 0 Å². The molecule has 0 amide bonds. The minimum absolute atomic E-state index is 0.00563. The molecule has 6 aromatic rings. The van der Waals surface area contributed by atoms with E-state index in [0.29, 0.717) is 22.3 Å². The van der Waals surface area contributed by atoms with Crippen LogP contribution in [0.15, 0.2) is 143 Å². The van der Waals surface area contributed by atoms with Crippen LogP contribution < -0.4 is 15.8 Å². The van der Waals surface area contributed by atoms with Crippen LogP contribution in [0, 0.1) is 0 Å². The quantitative estimate of drug-likeness (QED) is 0.171. The summed E-state index contributed by atoms with van der Waals surface area (Å²) in [5, 5.41) is 3.38. The van der Waals surface area contributed by atoms with Crippen LogP contribution in [0.5, 0.6) is 0 Å². The third-order valence-electron chi connectivity index (χ3n) is 9.51. The lowest BCUT2D eigenvalue weighted by atomic mass is 9.67. The number of rotatable bonds is 6. The maximum atomic E-state index is 14.9. The van der Waals surface area contributed by atoms with Crippen LogP contribution in [0.2, 0.25) is 39.3 Å². The van der Waals surface area contributed by atoms with Gasteiger partial charge in [-0.15, -0.1) is 0 Å². The molecule has 228 valence electrons. The third-order valence-corrected chi connectivity index (χ3v) is 13.6. The summed E-state index contributed by atoms with van der Waals surface area (Å²) in [6.07, 6.45) is 0. The predicted molar refractivity (Wildman–Crippen MR) is 200 cm³/mol. The van der Waals surface area contributed by atoms with Gasteiger partial charge in [-0.05, 0) is 40.0 Å². The first kappa shape index (κ1) is 30.2. The van der Waals surface area contributed by atoms with E-state index in [-0.39, 0.29) is 5.43 Å². The average molecular weight is 633 g/mol. The predicted octanol–water partition coefficient (Wildman–Crippen LogP) is 9.19. The molecule has 1 aromatic heterocycles. The Balaban J connectivity index is 1.70. The first-order valence-corrected chi connectivity index (χ1v) is 23.2. The van der Waals surface area contributed by atoms with Crippen molar-refractivity contribution in [2.45, 2.75) is 44.7 Å². The molecule has 46 heavy (non-hydrogen) atoms. The zero-order chi connectivity index (χ0) is 32.3. The van der Waals surface area contributed by atoms with Crippen molar-refractivity contribution in [3.63, 3.8) is 0 Å².